The van der Waals surface area contributed by atoms with Crippen LogP contribution in [0.15, 0.2) is 81.6 Å². The van der Waals surface area contributed by atoms with E-state index in [1.165, 1.54) is 11.8 Å². The molecule has 0 aliphatic heterocycles. The number of hydrogen-bond acceptors (Lipinski definition) is 7. The van der Waals surface area contributed by atoms with E-state index in [-0.39, 0.29) is 11.7 Å². The lowest BCUT2D eigenvalue weighted by molar-refractivity contribution is -0.118. The molecule has 1 amide bonds. The van der Waals surface area contributed by atoms with Crippen LogP contribution < -0.4 is 10.2 Å². The van der Waals surface area contributed by atoms with Crippen molar-refractivity contribution in [3.05, 3.63) is 77.7 Å². The Morgan fingerprint density at radius 3 is 2.58 bits per heavy atom. The van der Waals surface area contributed by atoms with Gasteiger partial charge < -0.3 is 9.15 Å². The third kappa shape index (κ3) is 5.44. The van der Waals surface area contributed by atoms with Crippen LogP contribution in [0.3, 0.4) is 0 Å². The molecule has 0 atom stereocenters. The van der Waals surface area contributed by atoms with Gasteiger partial charge in [0.15, 0.2) is 11.0 Å². The van der Waals surface area contributed by atoms with Crippen LogP contribution in [0.2, 0.25) is 5.02 Å². The summed E-state index contributed by atoms with van der Waals surface area (Å²) in [4.78, 5) is 12.4. The topological polar surface area (TPSA) is 94.5 Å². The first-order valence-electron chi connectivity index (χ1n) is 9.90. The van der Waals surface area contributed by atoms with Crippen LogP contribution in [0, 0.1) is 0 Å². The minimum atomic E-state index is -0.275. The summed E-state index contributed by atoms with van der Waals surface area (Å²) in [5.41, 5.74) is 4.79. The number of halogens is 1. The highest BCUT2D eigenvalue weighted by Gasteiger charge is 2.17. The highest BCUT2D eigenvalue weighted by Crippen LogP contribution is 2.29. The molecule has 4 aromatic rings. The van der Waals surface area contributed by atoms with Crippen LogP contribution in [0.5, 0.6) is 5.75 Å². The van der Waals surface area contributed by atoms with Crippen LogP contribution >= 0.6 is 23.4 Å². The standard InChI is InChI=1S/C23H20ClN5O3S/c1-15(20-4-3-13-32-20)25-26-21(30)14-33-23-28-27-22(16-5-11-19(31-2)12-6-16)29(23)18-9-7-17(24)8-10-18/h3-13H,14H2,1-2H3,(H,26,30)/b25-15+. The van der Waals surface area contributed by atoms with Crippen molar-refractivity contribution in [3.8, 4) is 22.8 Å². The van der Waals surface area contributed by atoms with Gasteiger partial charge in [-0.2, -0.15) is 5.10 Å². The molecule has 0 spiro atoms. The maximum absolute atomic E-state index is 12.4. The lowest BCUT2D eigenvalue weighted by Gasteiger charge is -2.11. The van der Waals surface area contributed by atoms with E-state index < -0.39 is 0 Å². The van der Waals surface area contributed by atoms with Crippen molar-refractivity contribution < 1.29 is 13.9 Å². The number of benzene rings is 2. The molecule has 0 aliphatic rings. The summed E-state index contributed by atoms with van der Waals surface area (Å²) >= 11 is 7.32. The summed E-state index contributed by atoms with van der Waals surface area (Å²) in [5, 5.41) is 14.0. The van der Waals surface area contributed by atoms with Gasteiger partial charge in [-0.05, 0) is 67.6 Å². The van der Waals surface area contributed by atoms with E-state index in [2.05, 4.69) is 20.7 Å². The van der Waals surface area contributed by atoms with E-state index in [0.29, 0.717) is 27.5 Å². The van der Waals surface area contributed by atoms with E-state index >= 15 is 0 Å². The number of carbonyl (C=O) groups is 1. The number of amides is 1. The molecule has 4 rings (SSSR count). The zero-order valence-electron chi connectivity index (χ0n) is 17.9. The van der Waals surface area contributed by atoms with Crippen molar-refractivity contribution in [1.29, 1.82) is 0 Å². The molecule has 8 nitrogen and oxygen atoms in total. The second kappa shape index (κ2) is 10.4. The van der Waals surface area contributed by atoms with Crippen molar-refractivity contribution >= 4 is 35.0 Å². The molecule has 10 heteroatoms. The molecule has 2 aromatic heterocycles. The number of aromatic nitrogens is 3. The number of rotatable bonds is 8. The Bertz CT molecular complexity index is 1250. The van der Waals surface area contributed by atoms with Crippen molar-refractivity contribution in [2.24, 2.45) is 5.10 Å². The van der Waals surface area contributed by atoms with Gasteiger partial charge in [0.25, 0.3) is 5.91 Å². The summed E-state index contributed by atoms with van der Waals surface area (Å²) in [6.45, 7) is 1.75. The fourth-order valence-electron chi connectivity index (χ4n) is 2.96. The number of hydrazone groups is 1. The quantitative estimate of drug-likeness (QED) is 0.220. The molecule has 168 valence electrons. The van der Waals surface area contributed by atoms with Gasteiger partial charge in [-0.25, -0.2) is 5.43 Å². The lowest BCUT2D eigenvalue weighted by Crippen LogP contribution is -2.21. The molecular formula is C23H20ClN5O3S. The molecule has 33 heavy (non-hydrogen) atoms. The number of ether oxygens (including phenoxy) is 1. The predicted octanol–water partition coefficient (Wildman–Crippen LogP) is 4.82. The molecule has 0 saturated carbocycles. The summed E-state index contributed by atoms with van der Waals surface area (Å²) in [7, 11) is 1.62. The van der Waals surface area contributed by atoms with E-state index in [1.807, 2.05) is 41.0 Å². The Morgan fingerprint density at radius 2 is 1.91 bits per heavy atom. The number of furan rings is 1. The maximum atomic E-state index is 12.4. The molecule has 0 unspecified atom stereocenters. The molecule has 2 heterocycles. The minimum absolute atomic E-state index is 0.100. The molecule has 0 radical (unpaired) electrons. The average Bonchev–Trinajstić information content (AvgIpc) is 3.52. The fraction of sp³-hybridized carbons (Fsp3) is 0.130. The molecule has 0 fully saturated rings. The summed E-state index contributed by atoms with van der Waals surface area (Å²) in [6, 6.07) is 18.4. The second-order valence-electron chi connectivity index (χ2n) is 6.84. The smallest absolute Gasteiger partial charge is 0.250 e. The Kier molecular flexibility index (Phi) is 7.11. The fourth-order valence-corrected chi connectivity index (χ4v) is 3.83. The van der Waals surface area contributed by atoms with Gasteiger partial charge in [0.05, 0.1) is 19.1 Å². The largest absolute Gasteiger partial charge is 0.497 e. The molecule has 0 aliphatic carbocycles. The maximum Gasteiger partial charge on any atom is 0.250 e. The summed E-state index contributed by atoms with van der Waals surface area (Å²) < 4.78 is 12.4. The first kappa shape index (κ1) is 22.6. The minimum Gasteiger partial charge on any atom is -0.497 e. The van der Waals surface area contributed by atoms with Gasteiger partial charge in [-0.3, -0.25) is 9.36 Å². The lowest BCUT2D eigenvalue weighted by atomic mass is 10.2. The van der Waals surface area contributed by atoms with Crippen molar-refractivity contribution in [2.75, 3.05) is 12.9 Å². The van der Waals surface area contributed by atoms with Crippen molar-refractivity contribution in [2.45, 2.75) is 12.1 Å². The van der Waals surface area contributed by atoms with Gasteiger partial charge in [-0.15, -0.1) is 10.2 Å². The summed E-state index contributed by atoms with van der Waals surface area (Å²) in [5.74, 6) is 1.79. The zero-order valence-corrected chi connectivity index (χ0v) is 19.4. The number of thioether (sulfide) groups is 1. The van der Waals surface area contributed by atoms with Crippen LogP contribution in [0.1, 0.15) is 12.7 Å². The molecule has 0 bridgehead atoms. The second-order valence-corrected chi connectivity index (χ2v) is 8.22. The summed E-state index contributed by atoms with van der Waals surface area (Å²) in [6.07, 6.45) is 1.55. The van der Waals surface area contributed by atoms with Gasteiger partial charge >= 0.3 is 0 Å². The highest BCUT2D eigenvalue weighted by atomic mass is 35.5. The van der Waals surface area contributed by atoms with Gasteiger partial charge in [0.1, 0.15) is 17.2 Å². The van der Waals surface area contributed by atoms with Crippen molar-refractivity contribution in [1.82, 2.24) is 20.2 Å². The first-order valence-corrected chi connectivity index (χ1v) is 11.3. The molecule has 0 saturated heterocycles. The third-order valence-corrected chi connectivity index (χ3v) is 5.81. The Hall–Kier alpha value is -3.56. The first-order chi connectivity index (χ1) is 16.0. The molecule has 1 N–H and O–H groups in total. The van der Waals surface area contributed by atoms with Crippen LogP contribution in [-0.4, -0.2) is 39.2 Å². The Morgan fingerprint density at radius 1 is 1.15 bits per heavy atom. The average molecular weight is 482 g/mol. The monoisotopic (exact) mass is 481 g/mol. The third-order valence-electron chi connectivity index (χ3n) is 4.62. The van der Waals surface area contributed by atoms with Crippen LogP contribution in [-0.2, 0) is 4.79 Å². The van der Waals surface area contributed by atoms with E-state index in [0.717, 1.165) is 17.0 Å². The van der Waals surface area contributed by atoms with Crippen LogP contribution in [0.25, 0.3) is 17.1 Å². The van der Waals surface area contributed by atoms with Gasteiger partial charge in [0.2, 0.25) is 0 Å². The van der Waals surface area contributed by atoms with E-state index in [9.17, 15) is 4.79 Å². The number of methoxy groups -OCH3 is 1. The number of nitrogens with zero attached hydrogens (tertiary/aromatic N) is 4. The van der Waals surface area contributed by atoms with Gasteiger partial charge in [0, 0.05) is 16.3 Å². The number of carbonyl (C=O) groups excluding carboxylic acids is 1. The Labute approximate surface area is 199 Å². The van der Waals surface area contributed by atoms with Crippen molar-refractivity contribution in [3.63, 3.8) is 0 Å². The normalized spacial score (nSPS) is 11.4. The van der Waals surface area contributed by atoms with E-state index in [1.54, 1.807) is 44.6 Å². The number of nitrogens with one attached hydrogen (secondary N) is 1. The van der Waals surface area contributed by atoms with E-state index in [4.69, 9.17) is 20.8 Å². The predicted molar refractivity (Wildman–Crippen MR) is 128 cm³/mol. The van der Waals surface area contributed by atoms with Crippen LogP contribution in [0.4, 0.5) is 0 Å². The number of hydrogen-bond donors (Lipinski definition) is 1. The zero-order chi connectivity index (χ0) is 23.2. The molecule has 2 aromatic carbocycles. The SMILES string of the molecule is COc1ccc(-c2nnc(SCC(=O)N/N=C(\C)c3ccco3)n2-c2ccc(Cl)cc2)cc1. The molecular weight excluding hydrogens is 462 g/mol. The highest BCUT2D eigenvalue weighted by molar-refractivity contribution is 7.99. The Balaban J connectivity index is 1.56. The van der Waals surface area contributed by atoms with Gasteiger partial charge in [-0.1, -0.05) is 23.4 Å².